The lowest BCUT2D eigenvalue weighted by molar-refractivity contribution is -0.121. The van der Waals surface area contributed by atoms with Crippen LogP contribution in [0, 0.1) is 0 Å². The molecule has 1 aliphatic heterocycles. The third kappa shape index (κ3) is 3.29. The molecule has 0 aromatic heterocycles. The molecule has 0 spiro atoms. The molecule has 3 rings (SSSR count). The molecule has 0 saturated carbocycles. The predicted molar refractivity (Wildman–Crippen MR) is 92.4 cm³/mol. The minimum absolute atomic E-state index is 0.0560. The Bertz CT molecular complexity index is 777. The molecule has 1 heterocycles. The van der Waals surface area contributed by atoms with Crippen molar-refractivity contribution < 1.29 is 9.59 Å². The van der Waals surface area contributed by atoms with Crippen molar-refractivity contribution >= 4 is 58.0 Å². The zero-order valence-corrected chi connectivity index (χ0v) is 14.0. The monoisotopic (exact) mass is 368 g/mol. The molecule has 1 atom stereocenters. The third-order valence-electron chi connectivity index (χ3n) is 3.49. The number of carbonyl (C=O) groups is 2. The lowest BCUT2D eigenvalue weighted by Gasteiger charge is -2.16. The van der Waals surface area contributed by atoms with Crippen molar-refractivity contribution in [2.45, 2.75) is 12.5 Å². The molecular formula is C16H11Cl3N2O2. The first-order valence-corrected chi connectivity index (χ1v) is 7.93. The molecule has 23 heavy (non-hydrogen) atoms. The summed E-state index contributed by atoms with van der Waals surface area (Å²) in [7, 11) is 0. The highest BCUT2D eigenvalue weighted by molar-refractivity contribution is 6.36. The van der Waals surface area contributed by atoms with E-state index in [0.717, 1.165) is 4.90 Å². The Balaban J connectivity index is 1.82. The molecule has 0 radical (unpaired) electrons. The zero-order chi connectivity index (χ0) is 16.6. The van der Waals surface area contributed by atoms with Crippen LogP contribution in [0.4, 0.5) is 11.4 Å². The number of imide groups is 1. The molecule has 1 fully saturated rings. The number of hydrogen-bond acceptors (Lipinski definition) is 3. The van der Waals surface area contributed by atoms with Gasteiger partial charge in [0.15, 0.2) is 0 Å². The standard InChI is InChI=1S/C16H11Cl3N2O2/c17-9-1-4-11(5-2-9)21-15(22)8-14(16(21)23)20-13-6-3-10(18)7-12(13)19/h1-7,14,20H,8H2/t14-/m0/s1. The SMILES string of the molecule is O=C1C[C@H](Nc2ccc(Cl)cc2Cl)C(=O)N1c1ccc(Cl)cc1. The van der Waals surface area contributed by atoms with Gasteiger partial charge in [0.2, 0.25) is 5.91 Å². The summed E-state index contributed by atoms with van der Waals surface area (Å²) in [6, 6.07) is 10.8. The summed E-state index contributed by atoms with van der Waals surface area (Å²) in [6.45, 7) is 0. The smallest absolute Gasteiger partial charge is 0.256 e. The van der Waals surface area contributed by atoms with E-state index in [1.54, 1.807) is 42.5 Å². The van der Waals surface area contributed by atoms with Gasteiger partial charge in [-0.2, -0.15) is 0 Å². The predicted octanol–water partition coefficient (Wildman–Crippen LogP) is 4.39. The van der Waals surface area contributed by atoms with Crippen LogP contribution in [0.3, 0.4) is 0 Å². The van der Waals surface area contributed by atoms with Crippen LogP contribution in [0.2, 0.25) is 15.1 Å². The Morgan fingerprint density at radius 2 is 1.61 bits per heavy atom. The number of amides is 2. The molecule has 1 aliphatic rings. The van der Waals surface area contributed by atoms with Gasteiger partial charge in [0, 0.05) is 10.0 Å². The zero-order valence-electron chi connectivity index (χ0n) is 11.7. The maximum atomic E-state index is 12.5. The number of carbonyl (C=O) groups excluding carboxylic acids is 2. The van der Waals surface area contributed by atoms with Gasteiger partial charge in [-0.3, -0.25) is 9.59 Å². The second-order valence-electron chi connectivity index (χ2n) is 5.07. The van der Waals surface area contributed by atoms with Gasteiger partial charge in [-0.15, -0.1) is 0 Å². The average molecular weight is 370 g/mol. The molecule has 2 aromatic carbocycles. The number of nitrogens with one attached hydrogen (secondary N) is 1. The Hall–Kier alpha value is -1.75. The summed E-state index contributed by atoms with van der Waals surface area (Å²) in [4.78, 5) is 25.9. The highest BCUT2D eigenvalue weighted by Crippen LogP contribution is 2.30. The van der Waals surface area contributed by atoms with Gasteiger partial charge < -0.3 is 5.32 Å². The van der Waals surface area contributed by atoms with Gasteiger partial charge in [0.05, 0.1) is 22.8 Å². The van der Waals surface area contributed by atoms with Crippen molar-refractivity contribution in [3.8, 4) is 0 Å². The van der Waals surface area contributed by atoms with Crippen molar-refractivity contribution in [2.75, 3.05) is 10.2 Å². The van der Waals surface area contributed by atoms with E-state index < -0.39 is 6.04 Å². The van der Waals surface area contributed by atoms with Crippen molar-refractivity contribution in [2.24, 2.45) is 0 Å². The quantitative estimate of drug-likeness (QED) is 0.816. The van der Waals surface area contributed by atoms with Gasteiger partial charge in [0.25, 0.3) is 5.91 Å². The summed E-state index contributed by atoms with van der Waals surface area (Å²) in [5.41, 5.74) is 1.05. The second-order valence-corrected chi connectivity index (χ2v) is 6.35. The van der Waals surface area contributed by atoms with Crippen LogP contribution in [-0.2, 0) is 9.59 Å². The molecule has 2 aromatic rings. The van der Waals surface area contributed by atoms with Crippen LogP contribution in [0.5, 0.6) is 0 Å². The maximum Gasteiger partial charge on any atom is 0.256 e. The van der Waals surface area contributed by atoms with Crippen LogP contribution in [0.25, 0.3) is 0 Å². The highest BCUT2D eigenvalue weighted by atomic mass is 35.5. The summed E-state index contributed by atoms with van der Waals surface area (Å²) in [6.07, 6.45) is 0.0560. The largest absolute Gasteiger partial charge is 0.372 e. The number of anilines is 2. The Morgan fingerprint density at radius 3 is 2.26 bits per heavy atom. The van der Waals surface area contributed by atoms with Crippen LogP contribution in [0.15, 0.2) is 42.5 Å². The van der Waals surface area contributed by atoms with Gasteiger partial charge in [0.1, 0.15) is 6.04 Å². The van der Waals surface area contributed by atoms with Crippen molar-refractivity contribution in [3.05, 3.63) is 57.5 Å². The molecule has 2 amide bonds. The van der Waals surface area contributed by atoms with E-state index in [0.29, 0.717) is 26.4 Å². The van der Waals surface area contributed by atoms with E-state index in [1.165, 1.54) is 0 Å². The molecular weight excluding hydrogens is 359 g/mol. The Morgan fingerprint density at radius 1 is 0.957 bits per heavy atom. The highest BCUT2D eigenvalue weighted by Gasteiger charge is 2.39. The number of benzene rings is 2. The van der Waals surface area contributed by atoms with Crippen LogP contribution in [-0.4, -0.2) is 17.9 Å². The normalized spacial score (nSPS) is 17.7. The van der Waals surface area contributed by atoms with E-state index in [2.05, 4.69) is 5.32 Å². The molecule has 4 nitrogen and oxygen atoms in total. The average Bonchev–Trinajstić information content (AvgIpc) is 2.78. The molecule has 0 unspecified atom stereocenters. The fraction of sp³-hybridized carbons (Fsp3) is 0.125. The topological polar surface area (TPSA) is 49.4 Å². The first-order chi connectivity index (χ1) is 11.0. The van der Waals surface area contributed by atoms with E-state index in [-0.39, 0.29) is 18.2 Å². The Labute approximate surface area is 147 Å². The molecule has 7 heteroatoms. The van der Waals surface area contributed by atoms with Crippen molar-refractivity contribution in [1.29, 1.82) is 0 Å². The van der Waals surface area contributed by atoms with Gasteiger partial charge in [-0.25, -0.2) is 4.90 Å². The summed E-state index contributed by atoms with van der Waals surface area (Å²) in [5, 5.41) is 4.43. The summed E-state index contributed by atoms with van der Waals surface area (Å²) in [5.74, 6) is -0.608. The number of nitrogens with zero attached hydrogens (tertiary/aromatic N) is 1. The number of halogens is 3. The van der Waals surface area contributed by atoms with Crippen LogP contribution in [0.1, 0.15) is 6.42 Å². The second kappa shape index (κ2) is 6.40. The third-order valence-corrected chi connectivity index (χ3v) is 4.29. The van der Waals surface area contributed by atoms with Crippen LogP contribution < -0.4 is 10.2 Å². The van der Waals surface area contributed by atoms with Gasteiger partial charge >= 0.3 is 0 Å². The summed E-state index contributed by atoms with van der Waals surface area (Å²) < 4.78 is 0. The first-order valence-electron chi connectivity index (χ1n) is 6.79. The molecule has 1 saturated heterocycles. The number of rotatable bonds is 3. The van der Waals surface area contributed by atoms with Crippen molar-refractivity contribution in [3.63, 3.8) is 0 Å². The summed E-state index contributed by atoms with van der Waals surface area (Å²) >= 11 is 17.8. The fourth-order valence-corrected chi connectivity index (χ4v) is 2.99. The molecule has 0 bridgehead atoms. The lowest BCUT2D eigenvalue weighted by atomic mass is 10.2. The van der Waals surface area contributed by atoms with E-state index >= 15 is 0 Å². The minimum Gasteiger partial charge on any atom is -0.372 e. The van der Waals surface area contributed by atoms with Crippen molar-refractivity contribution in [1.82, 2.24) is 0 Å². The van der Waals surface area contributed by atoms with E-state index in [1.807, 2.05) is 0 Å². The molecule has 1 N–H and O–H groups in total. The molecule has 0 aliphatic carbocycles. The lowest BCUT2D eigenvalue weighted by Crippen LogP contribution is -2.34. The molecule has 118 valence electrons. The van der Waals surface area contributed by atoms with Crippen LogP contribution >= 0.6 is 34.8 Å². The fourth-order valence-electron chi connectivity index (χ4n) is 2.40. The van der Waals surface area contributed by atoms with E-state index in [4.69, 9.17) is 34.8 Å². The Kier molecular flexibility index (Phi) is 4.48. The minimum atomic E-state index is -0.670. The number of hydrogen-bond donors (Lipinski definition) is 1. The van der Waals surface area contributed by atoms with Gasteiger partial charge in [-0.05, 0) is 42.5 Å². The van der Waals surface area contributed by atoms with E-state index in [9.17, 15) is 9.59 Å². The van der Waals surface area contributed by atoms with Gasteiger partial charge in [-0.1, -0.05) is 34.8 Å². The first kappa shape index (κ1) is 16.1. The maximum absolute atomic E-state index is 12.5.